The van der Waals surface area contributed by atoms with E-state index in [1.807, 2.05) is 6.07 Å². The van der Waals surface area contributed by atoms with Gasteiger partial charge in [0.2, 0.25) is 21.8 Å². The highest BCUT2D eigenvalue weighted by molar-refractivity contribution is 7.88. The van der Waals surface area contributed by atoms with E-state index in [1.54, 1.807) is 35.1 Å². The van der Waals surface area contributed by atoms with Crippen molar-refractivity contribution in [3.8, 4) is 5.75 Å². The number of sulfonamides is 1. The monoisotopic (exact) mass is 381 g/mol. The van der Waals surface area contributed by atoms with Crippen LogP contribution in [0.25, 0.3) is 0 Å². The van der Waals surface area contributed by atoms with Crippen molar-refractivity contribution in [3.05, 3.63) is 24.3 Å². The maximum absolute atomic E-state index is 12.8. The van der Waals surface area contributed by atoms with Crippen LogP contribution in [0.2, 0.25) is 0 Å². The molecule has 0 radical (unpaired) electrons. The van der Waals surface area contributed by atoms with Crippen molar-refractivity contribution < 1.29 is 22.7 Å². The lowest BCUT2D eigenvalue weighted by Crippen LogP contribution is -2.51. The second-order valence-electron chi connectivity index (χ2n) is 6.59. The molecule has 0 saturated carbocycles. The van der Waals surface area contributed by atoms with Crippen LogP contribution in [0.3, 0.4) is 0 Å². The van der Waals surface area contributed by atoms with E-state index < -0.39 is 15.9 Å². The SMILES string of the molecule is COc1cccc(N2C[C@@H](C(=O)N3CCN(S(C)(=O)=O)CC3)CC2=O)c1. The molecule has 0 N–H and O–H groups in total. The van der Waals surface area contributed by atoms with Gasteiger partial charge in [0.05, 0.1) is 19.3 Å². The highest BCUT2D eigenvalue weighted by Gasteiger charge is 2.38. The summed E-state index contributed by atoms with van der Waals surface area (Å²) < 4.78 is 29.7. The van der Waals surface area contributed by atoms with Crippen LogP contribution in [-0.2, 0) is 19.6 Å². The summed E-state index contributed by atoms with van der Waals surface area (Å²) in [6, 6.07) is 7.20. The molecule has 2 amide bonds. The first-order valence-corrected chi connectivity index (χ1v) is 10.3. The fraction of sp³-hybridized carbons (Fsp3) is 0.529. The van der Waals surface area contributed by atoms with Gasteiger partial charge >= 0.3 is 0 Å². The van der Waals surface area contributed by atoms with Crippen molar-refractivity contribution in [1.29, 1.82) is 0 Å². The molecular weight excluding hydrogens is 358 g/mol. The first kappa shape index (κ1) is 18.7. The van der Waals surface area contributed by atoms with Crippen LogP contribution in [0.15, 0.2) is 24.3 Å². The van der Waals surface area contributed by atoms with Crippen LogP contribution >= 0.6 is 0 Å². The van der Waals surface area contributed by atoms with Crippen LogP contribution in [0.4, 0.5) is 5.69 Å². The Kier molecular flexibility index (Phi) is 5.19. The molecular formula is C17H23N3O5S. The van der Waals surface area contributed by atoms with E-state index in [1.165, 1.54) is 10.6 Å². The van der Waals surface area contributed by atoms with Crippen molar-refractivity contribution in [3.63, 3.8) is 0 Å². The summed E-state index contributed by atoms with van der Waals surface area (Å²) in [5, 5.41) is 0. The molecule has 2 aliphatic rings. The Balaban J connectivity index is 1.64. The first-order valence-electron chi connectivity index (χ1n) is 8.48. The Morgan fingerprint density at radius 2 is 1.88 bits per heavy atom. The third-order valence-electron chi connectivity index (χ3n) is 4.86. The van der Waals surface area contributed by atoms with E-state index in [2.05, 4.69) is 0 Å². The quantitative estimate of drug-likeness (QED) is 0.741. The number of hydrogen-bond donors (Lipinski definition) is 0. The predicted molar refractivity (Wildman–Crippen MR) is 96.5 cm³/mol. The molecule has 3 rings (SSSR count). The summed E-state index contributed by atoms with van der Waals surface area (Å²) in [5.41, 5.74) is 0.714. The van der Waals surface area contributed by atoms with Gasteiger partial charge in [-0.25, -0.2) is 8.42 Å². The Bertz CT molecular complexity index is 802. The van der Waals surface area contributed by atoms with Crippen LogP contribution in [-0.4, -0.2) is 75.5 Å². The average Bonchev–Trinajstić information content (AvgIpc) is 3.02. The lowest BCUT2D eigenvalue weighted by atomic mass is 10.1. The molecule has 0 unspecified atom stereocenters. The fourth-order valence-corrected chi connectivity index (χ4v) is 4.23. The molecule has 142 valence electrons. The zero-order chi connectivity index (χ0) is 18.9. The number of carbonyl (C=O) groups excluding carboxylic acids is 2. The summed E-state index contributed by atoms with van der Waals surface area (Å²) in [6.07, 6.45) is 1.34. The van der Waals surface area contributed by atoms with Gasteiger partial charge in [-0.05, 0) is 12.1 Å². The van der Waals surface area contributed by atoms with Gasteiger partial charge in [0.1, 0.15) is 5.75 Å². The van der Waals surface area contributed by atoms with Gasteiger partial charge in [0, 0.05) is 50.9 Å². The van der Waals surface area contributed by atoms with E-state index in [0.717, 1.165) is 0 Å². The lowest BCUT2D eigenvalue weighted by Gasteiger charge is -2.34. The van der Waals surface area contributed by atoms with Gasteiger partial charge in [-0.15, -0.1) is 0 Å². The zero-order valence-corrected chi connectivity index (χ0v) is 15.7. The Labute approximate surface area is 153 Å². The minimum atomic E-state index is -3.23. The Morgan fingerprint density at radius 3 is 2.50 bits per heavy atom. The lowest BCUT2D eigenvalue weighted by molar-refractivity contribution is -0.136. The number of amides is 2. The minimum absolute atomic E-state index is 0.0862. The van der Waals surface area contributed by atoms with E-state index in [4.69, 9.17) is 4.74 Å². The van der Waals surface area contributed by atoms with Crippen LogP contribution in [0, 0.1) is 5.92 Å². The summed E-state index contributed by atoms with van der Waals surface area (Å²) >= 11 is 0. The number of ether oxygens (including phenoxy) is 1. The topological polar surface area (TPSA) is 87.2 Å². The maximum Gasteiger partial charge on any atom is 0.228 e. The summed E-state index contributed by atoms with van der Waals surface area (Å²) in [6.45, 7) is 1.64. The number of carbonyl (C=O) groups is 2. The Morgan fingerprint density at radius 1 is 1.19 bits per heavy atom. The summed E-state index contributed by atoms with van der Waals surface area (Å²) in [7, 11) is -1.67. The summed E-state index contributed by atoms with van der Waals surface area (Å²) in [4.78, 5) is 28.4. The number of piperazine rings is 1. The van der Waals surface area contributed by atoms with Gasteiger partial charge < -0.3 is 14.5 Å². The number of hydrogen-bond acceptors (Lipinski definition) is 5. The van der Waals surface area contributed by atoms with Gasteiger partial charge in [0.15, 0.2) is 0 Å². The molecule has 0 aliphatic carbocycles. The van der Waals surface area contributed by atoms with Crippen molar-refractivity contribution in [2.75, 3.05) is 51.0 Å². The van der Waals surface area contributed by atoms with Crippen molar-refractivity contribution in [1.82, 2.24) is 9.21 Å². The second-order valence-corrected chi connectivity index (χ2v) is 8.58. The number of methoxy groups -OCH3 is 1. The molecule has 0 bridgehead atoms. The van der Waals surface area contributed by atoms with Crippen LogP contribution in [0.5, 0.6) is 5.75 Å². The second kappa shape index (κ2) is 7.24. The normalized spacial score (nSPS) is 21.9. The number of benzene rings is 1. The first-order chi connectivity index (χ1) is 12.3. The predicted octanol–water partition coefficient (Wildman–Crippen LogP) is 0.152. The minimum Gasteiger partial charge on any atom is -0.497 e. The molecule has 1 atom stereocenters. The Hall–Kier alpha value is -2.13. The van der Waals surface area contributed by atoms with Crippen molar-refractivity contribution in [2.24, 2.45) is 5.92 Å². The maximum atomic E-state index is 12.8. The van der Waals surface area contributed by atoms with Crippen LogP contribution in [0.1, 0.15) is 6.42 Å². The van der Waals surface area contributed by atoms with Crippen LogP contribution < -0.4 is 9.64 Å². The molecule has 1 aromatic rings. The van der Waals surface area contributed by atoms with Gasteiger partial charge in [-0.2, -0.15) is 4.31 Å². The largest absolute Gasteiger partial charge is 0.497 e. The smallest absolute Gasteiger partial charge is 0.228 e. The molecule has 1 aromatic carbocycles. The van der Waals surface area contributed by atoms with Crippen molar-refractivity contribution >= 4 is 27.5 Å². The highest BCUT2D eigenvalue weighted by atomic mass is 32.2. The summed E-state index contributed by atoms with van der Waals surface area (Å²) in [5.74, 6) is 0.0729. The molecule has 0 spiro atoms. The molecule has 0 aromatic heterocycles. The van der Waals surface area contributed by atoms with Gasteiger partial charge in [-0.3, -0.25) is 9.59 Å². The molecule has 26 heavy (non-hydrogen) atoms. The third-order valence-corrected chi connectivity index (χ3v) is 6.16. The highest BCUT2D eigenvalue weighted by Crippen LogP contribution is 2.29. The van der Waals surface area contributed by atoms with E-state index in [0.29, 0.717) is 44.2 Å². The molecule has 8 nitrogen and oxygen atoms in total. The third kappa shape index (κ3) is 3.83. The number of nitrogens with zero attached hydrogens (tertiary/aromatic N) is 3. The van der Waals surface area contributed by atoms with E-state index >= 15 is 0 Å². The zero-order valence-electron chi connectivity index (χ0n) is 14.9. The van der Waals surface area contributed by atoms with E-state index in [-0.39, 0.29) is 18.2 Å². The van der Waals surface area contributed by atoms with E-state index in [9.17, 15) is 18.0 Å². The van der Waals surface area contributed by atoms with Gasteiger partial charge in [-0.1, -0.05) is 6.07 Å². The fourth-order valence-electron chi connectivity index (χ4n) is 3.40. The molecule has 2 heterocycles. The molecule has 9 heteroatoms. The molecule has 2 aliphatic heterocycles. The number of anilines is 1. The molecule has 2 saturated heterocycles. The van der Waals surface area contributed by atoms with Gasteiger partial charge in [0.25, 0.3) is 0 Å². The molecule has 2 fully saturated rings. The van der Waals surface area contributed by atoms with Crippen molar-refractivity contribution in [2.45, 2.75) is 6.42 Å². The average molecular weight is 381 g/mol. The standard InChI is InChI=1S/C17H23N3O5S/c1-25-15-5-3-4-14(11-15)20-12-13(10-16(20)21)17(22)18-6-8-19(9-7-18)26(2,23)24/h3-5,11,13H,6-10,12H2,1-2H3/t13-/m0/s1. The number of rotatable bonds is 4.